The molecule has 0 unspecified atom stereocenters. The number of benzene rings is 1. The molecule has 0 atom stereocenters. The zero-order chi connectivity index (χ0) is 15.7. The molecule has 0 bridgehead atoms. The van der Waals surface area contributed by atoms with Gasteiger partial charge in [-0.2, -0.15) is 0 Å². The number of nitrogens with zero attached hydrogens (tertiary/aromatic N) is 1. The summed E-state index contributed by atoms with van der Waals surface area (Å²) in [5, 5.41) is 1.56. The average Bonchev–Trinajstić information content (AvgIpc) is 2.49. The Morgan fingerprint density at radius 1 is 1.00 bits per heavy atom. The minimum Gasteiger partial charge on any atom is -0.306 e. The van der Waals surface area contributed by atoms with Gasteiger partial charge in [-0.1, -0.05) is 81.9 Å². The summed E-state index contributed by atoms with van der Waals surface area (Å²) >= 11 is 0. The molecule has 0 aliphatic carbocycles. The maximum absolute atomic E-state index is 3.84. The van der Waals surface area contributed by atoms with Crippen LogP contribution in [0, 0.1) is 0 Å². The highest BCUT2D eigenvalue weighted by Gasteiger charge is 2.26. The third kappa shape index (κ3) is 6.19. The van der Waals surface area contributed by atoms with E-state index in [9.17, 15) is 0 Å². The first kappa shape index (κ1) is 18.2. The third-order valence-electron chi connectivity index (χ3n) is 4.20. The molecular weight excluding hydrogens is 270 g/mol. The van der Waals surface area contributed by atoms with E-state index in [0.29, 0.717) is 0 Å². The van der Waals surface area contributed by atoms with E-state index in [1.807, 2.05) is 6.08 Å². The Labute approximate surface area is 133 Å². The number of hydrogen-bond donors (Lipinski definition) is 0. The lowest BCUT2D eigenvalue weighted by Crippen LogP contribution is -2.52. The van der Waals surface area contributed by atoms with Crippen LogP contribution in [-0.4, -0.2) is 32.2 Å². The van der Waals surface area contributed by atoms with Crippen molar-refractivity contribution < 1.29 is 0 Å². The molecule has 0 saturated carbocycles. The van der Waals surface area contributed by atoms with Gasteiger partial charge in [-0.05, 0) is 37.7 Å². The predicted molar refractivity (Wildman–Crippen MR) is 99.9 cm³/mol. The number of rotatable bonds is 10. The second-order valence-electron chi connectivity index (χ2n) is 6.69. The predicted octanol–water partition coefficient (Wildman–Crippen LogP) is 4.69. The Morgan fingerprint density at radius 3 is 1.95 bits per heavy atom. The molecule has 0 N–H and O–H groups in total. The van der Waals surface area contributed by atoms with Crippen LogP contribution in [0.2, 0.25) is 13.1 Å². The summed E-state index contributed by atoms with van der Waals surface area (Å²) in [6.07, 6.45) is 8.43. The summed E-state index contributed by atoms with van der Waals surface area (Å²) in [7, 11) is -1.39. The fourth-order valence-electron chi connectivity index (χ4n) is 2.75. The topological polar surface area (TPSA) is 3.24 Å². The number of hydrogen-bond acceptors (Lipinski definition) is 1. The molecule has 1 aromatic rings. The molecule has 0 fully saturated rings. The molecule has 21 heavy (non-hydrogen) atoms. The van der Waals surface area contributed by atoms with Gasteiger partial charge in [0.15, 0.2) is 0 Å². The van der Waals surface area contributed by atoms with Gasteiger partial charge in [-0.3, -0.25) is 0 Å². The summed E-state index contributed by atoms with van der Waals surface area (Å²) in [6, 6.07) is 9.06. The first-order chi connectivity index (χ1) is 10.0. The molecule has 0 spiro atoms. The second-order valence-corrected chi connectivity index (χ2v) is 11.4. The van der Waals surface area contributed by atoms with Crippen LogP contribution in [-0.2, 0) is 0 Å². The van der Waals surface area contributed by atoms with Crippen molar-refractivity contribution >= 4 is 19.3 Å². The molecular formula is C19H33NSi. The van der Waals surface area contributed by atoms with Gasteiger partial charge >= 0.3 is 0 Å². The van der Waals surface area contributed by atoms with Gasteiger partial charge in [0.05, 0.1) is 8.07 Å². The Bertz CT molecular complexity index is 400. The fourth-order valence-corrected chi connectivity index (χ4v) is 5.44. The van der Waals surface area contributed by atoms with Crippen molar-refractivity contribution in [2.24, 2.45) is 0 Å². The molecule has 0 aliphatic rings. The zero-order valence-corrected chi connectivity index (χ0v) is 15.5. The van der Waals surface area contributed by atoms with Crippen molar-refractivity contribution in [1.82, 2.24) is 4.90 Å². The summed E-state index contributed by atoms with van der Waals surface area (Å²) in [6.45, 7) is 15.9. The van der Waals surface area contributed by atoms with Gasteiger partial charge in [0.25, 0.3) is 0 Å². The van der Waals surface area contributed by atoms with Gasteiger partial charge < -0.3 is 4.90 Å². The molecule has 1 aromatic carbocycles. The van der Waals surface area contributed by atoms with Crippen molar-refractivity contribution in [3.8, 4) is 0 Å². The van der Waals surface area contributed by atoms with E-state index in [1.54, 1.807) is 5.19 Å². The van der Waals surface area contributed by atoms with Crippen LogP contribution >= 0.6 is 0 Å². The summed E-state index contributed by atoms with van der Waals surface area (Å²) in [4.78, 5) is 2.71. The van der Waals surface area contributed by atoms with Gasteiger partial charge in [0.2, 0.25) is 0 Å². The third-order valence-corrected chi connectivity index (χ3v) is 7.34. The standard InChI is InChI=1S/C19H33NSi/c1-6-9-15-20(16-10-7-2)17-21(4,5)19-13-11-18(8-3)12-14-19/h8,11-14H,3,6-7,9-10,15-17H2,1-2,4-5H3. The Hall–Kier alpha value is -0.863. The van der Waals surface area contributed by atoms with E-state index in [2.05, 4.69) is 62.7 Å². The molecule has 0 radical (unpaired) electrons. The van der Waals surface area contributed by atoms with Gasteiger partial charge in [-0.15, -0.1) is 0 Å². The molecule has 1 nitrogen and oxygen atoms in total. The monoisotopic (exact) mass is 303 g/mol. The van der Waals surface area contributed by atoms with Gasteiger partial charge in [-0.25, -0.2) is 0 Å². The Morgan fingerprint density at radius 2 is 1.52 bits per heavy atom. The lowest BCUT2D eigenvalue weighted by Gasteiger charge is -2.32. The van der Waals surface area contributed by atoms with Gasteiger partial charge in [0, 0.05) is 0 Å². The average molecular weight is 304 g/mol. The van der Waals surface area contributed by atoms with Crippen molar-refractivity contribution in [3.63, 3.8) is 0 Å². The van der Waals surface area contributed by atoms with Gasteiger partial charge in [0.1, 0.15) is 0 Å². The highest BCUT2D eigenvalue weighted by molar-refractivity contribution is 6.89. The van der Waals surface area contributed by atoms with E-state index < -0.39 is 8.07 Å². The molecule has 0 saturated heterocycles. The first-order valence-corrected chi connectivity index (χ1v) is 11.7. The summed E-state index contributed by atoms with van der Waals surface area (Å²) in [5.74, 6) is 0. The molecule has 0 heterocycles. The second kappa shape index (κ2) is 9.21. The van der Waals surface area contributed by atoms with E-state index in [0.717, 1.165) is 0 Å². The minimum absolute atomic E-state index is 1.22. The largest absolute Gasteiger partial charge is 0.306 e. The van der Waals surface area contributed by atoms with Crippen molar-refractivity contribution in [1.29, 1.82) is 0 Å². The maximum atomic E-state index is 3.84. The number of unbranched alkanes of at least 4 members (excludes halogenated alkanes) is 2. The smallest absolute Gasteiger partial charge is 0.0948 e. The van der Waals surface area contributed by atoms with Crippen LogP contribution in [0.15, 0.2) is 30.8 Å². The lowest BCUT2D eigenvalue weighted by molar-refractivity contribution is 0.302. The van der Waals surface area contributed by atoms with Crippen LogP contribution in [0.1, 0.15) is 45.1 Å². The van der Waals surface area contributed by atoms with E-state index in [1.165, 1.54) is 50.5 Å². The molecule has 0 aromatic heterocycles. The van der Waals surface area contributed by atoms with Crippen LogP contribution < -0.4 is 5.19 Å². The highest BCUT2D eigenvalue weighted by Crippen LogP contribution is 2.10. The SMILES string of the molecule is C=Cc1ccc([Si](C)(C)CN(CCCC)CCCC)cc1. The quantitative estimate of drug-likeness (QED) is 0.567. The maximum Gasteiger partial charge on any atom is 0.0948 e. The molecule has 1 rings (SSSR count). The van der Waals surface area contributed by atoms with E-state index in [4.69, 9.17) is 0 Å². The lowest BCUT2D eigenvalue weighted by atomic mass is 10.2. The van der Waals surface area contributed by atoms with Crippen LogP contribution in [0.25, 0.3) is 6.08 Å². The zero-order valence-electron chi connectivity index (χ0n) is 14.5. The van der Waals surface area contributed by atoms with Crippen LogP contribution in [0.3, 0.4) is 0 Å². The Kier molecular flexibility index (Phi) is 7.98. The molecule has 2 heteroatoms. The Balaban J connectivity index is 2.74. The van der Waals surface area contributed by atoms with Crippen LogP contribution in [0.5, 0.6) is 0 Å². The first-order valence-electron chi connectivity index (χ1n) is 8.48. The summed E-state index contributed by atoms with van der Waals surface area (Å²) < 4.78 is 0. The van der Waals surface area contributed by atoms with Crippen molar-refractivity contribution in [2.75, 3.05) is 19.3 Å². The molecule has 0 aliphatic heterocycles. The molecule has 118 valence electrons. The normalized spacial score (nSPS) is 11.9. The summed E-state index contributed by atoms with van der Waals surface area (Å²) in [5.41, 5.74) is 1.22. The van der Waals surface area contributed by atoms with Crippen molar-refractivity contribution in [2.45, 2.75) is 52.6 Å². The van der Waals surface area contributed by atoms with Crippen LogP contribution in [0.4, 0.5) is 0 Å². The van der Waals surface area contributed by atoms with E-state index >= 15 is 0 Å². The van der Waals surface area contributed by atoms with Crippen molar-refractivity contribution in [3.05, 3.63) is 36.4 Å². The highest BCUT2D eigenvalue weighted by atomic mass is 28.3. The van der Waals surface area contributed by atoms with E-state index in [-0.39, 0.29) is 0 Å². The molecule has 0 amide bonds. The fraction of sp³-hybridized carbons (Fsp3) is 0.579. The minimum atomic E-state index is -1.39.